The SMILES string of the molecule is CC(C)(C)OC(=O)CCNC(=O)CN1C(=O)C(=Cc2cc(-c3cc(C(F)(F)F)cc(C(F)(F)F)c3)cs2)SC1=S. The van der Waals surface area contributed by atoms with Gasteiger partial charge in [-0.2, -0.15) is 26.3 Å². The first-order valence-corrected chi connectivity index (χ1v) is 13.6. The molecule has 15 heteroatoms. The van der Waals surface area contributed by atoms with Gasteiger partial charge in [0.25, 0.3) is 5.91 Å². The summed E-state index contributed by atoms with van der Waals surface area (Å²) >= 11 is 7.09. The number of carbonyl (C=O) groups excluding carboxylic acids is 3. The lowest BCUT2D eigenvalue weighted by Gasteiger charge is -2.19. The van der Waals surface area contributed by atoms with Gasteiger partial charge in [0, 0.05) is 11.4 Å². The molecule has 2 aromatic rings. The Balaban J connectivity index is 1.70. The van der Waals surface area contributed by atoms with E-state index in [1.54, 1.807) is 20.8 Å². The molecule has 1 aliphatic rings. The Labute approximate surface area is 238 Å². The topological polar surface area (TPSA) is 75.7 Å². The summed E-state index contributed by atoms with van der Waals surface area (Å²) in [5.74, 6) is -1.66. The number of halogens is 6. The maximum atomic E-state index is 13.2. The van der Waals surface area contributed by atoms with Crippen LogP contribution in [0.5, 0.6) is 0 Å². The molecule has 3 rings (SSSR count). The number of thioether (sulfide) groups is 1. The van der Waals surface area contributed by atoms with E-state index in [9.17, 15) is 40.7 Å². The molecule has 1 aromatic heterocycles. The highest BCUT2D eigenvalue weighted by Gasteiger charge is 2.37. The third-order valence-electron chi connectivity index (χ3n) is 5.06. The third kappa shape index (κ3) is 8.54. The van der Waals surface area contributed by atoms with Crippen LogP contribution >= 0.6 is 35.3 Å². The van der Waals surface area contributed by atoms with E-state index in [4.69, 9.17) is 17.0 Å². The predicted molar refractivity (Wildman–Crippen MR) is 143 cm³/mol. The highest BCUT2D eigenvalue weighted by molar-refractivity contribution is 8.26. The van der Waals surface area contributed by atoms with E-state index in [2.05, 4.69) is 5.32 Å². The molecule has 1 saturated heterocycles. The van der Waals surface area contributed by atoms with Gasteiger partial charge in [-0.05, 0) is 67.6 Å². The molecule has 2 heterocycles. The standard InChI is InChI=1S/C25H22F6N2O4S3/c1-23(2,3)37-20(35)4-5-32-19(34)11-33-21(36)18(40-22(33)38)10-17-8-14(12-39-17)13-6-15(24(26,27)28)9-16(7-13)25(29,30)31/h6-10,12H,4-5,11H2,1-3H3,(H,32,34). The highest BCUT2D eigenvalue weighted by Crippen LogP contribution is 2.40. The Hall–Kier alpha value is -2.91. The number of carbonyl (C=O) groups is 3. The molecule has 0 radical (unpaired) electrons. The van der Waals surface area contributed by atoms with E-state index in [1.807, 2.05) is 0 Å². The first kappa shape index (κ1) is 31.6. The highest BCUT2D eigenvalue weighted by atomic mass is 32.2. The number of nitrogens with one attached hydrogen (secondary N) is 1. The summed E-state index contributed by atoms with van der Waals surface area (Å²) < 4.78 is 84.5. The fourth-order valence-corrected chi connectivity index (χ4v) is 5.53. The van der Waals surface area contributed by atoms with Gasteiger partial charge in [-0.25, -0.2) is 0 Å². The molecule has 0 unspecified atom stereocenters. The molecule has 0 spiro atoms. The van der Waals surface area contributed by atoms with E-state index in [-0.39, 0.29) is 39.4 Å². The van der Waals surface area contributed by atoms with Gasteiger partial charge in [0.2, 0.25) is 5.91 Å². The summed E-state index contributed by atoms with van der Waals surface area (Å²) in [5, 5.41) is 3.88. The van der Waals surface area contributed by atoms with Crippen molar-refractivity contribution in [2.24, 2.45) is 0 Å². The van der Waals surface area contributed by atoms with Crippen LogP contribution in [0.1, 0.15) is 43.2 Å². The Morgan fingerprint density at radius 1 is 1.00 bits per heavy atom. The van der Waals surface area contributed by atoms with Gasteiger partial charge >= 0.3 is 18.3 Å². The van der Waals surface area contributed by atoms with E-state index >= 15 is 0 Å². The van der Waals surface area contributed by atoms with Crippen LogP contribution in [0, 0.1) is 0 Å². The summed E-state index contributed by atoms with van der Waals surface area (Å²) in [4.78, 5) is 38.4. The molecule has 216 valence electrons. The van der Waals surface area contributed by atoms with E-state index in [0.29, 0.717) is 17.0 Å². The zero-order valence-corrected chi connectivity index (χ0v) is 23.6. The number of alkyl halides is 6. The Morgan fingerprint density at radius 3 is 2.15 bits per heavy atom. The smallest absolute Gasteiger partial charge is 0.416 e. The van der Waals surface area contributed by atoms with Gasteiger partial charge in [0.1, 0.15) is 16.5 Å². The number of esters is 1. The van der Waals surface area contributed by atoms with Crippen LogP contribution in [-0.4, -0.2) is 45.7 Å². The second kappa shape index (κ2) is 11.9. The van der Waals surface area contributed by atoms with Crippen molar-refractivity contribution in [1.29, 1.82) is 0 Å². The number of nitrogens with zero attached hydrogens (tertiary/aromatic N) is 1. The molecule has 1 aromatic carbocycles. The number of ether oxygens (including phenoxy) is 1. The van der Waals surface area contributed by atoms with E-state index in [0.717, 1.165) is 28.0 Å². The van der Waals surface area contributed by atoms with Crippen LogP contribution in [0.25, 0.3) is 17.2 Å². The molecule has 1 N–H and O–H groups in total. The maximum Gasteiger partial charge on any atom is 0.416 e. The lowest BCUT2D eigenvalue weighted by atomic mass is 10.0. The molecule has 6 nitrogen and oxygen atoms in total. The number of hydrogen-bond acceptors (Lipinski definition) is 7. The fourth-order valence-electron chi connectivity index (χ4n) is 3.36. The number of thiocarbonyl (C=S) groups is 1. The van der Waals surface area contributed by atoms with E-state index in [1.165, 1.54) is 17.5 Å². The average molecular weight is 625 g/mol. The second-order valence-corrected chi connectivity index (χ2v) is 12.1. The summed E-state index contributed by atoms with van der Waals surface area (Å²) in [6.07, 6.45) is -8.64. The van der Waals surface area contributed by atoms with Crippen molar-refractivity contribution >= 4 is 63.5 Å². The average Bonchev–Trinajstić information content (AvgIpc) is 3.37. The van der Waals surface area contributed by atoms with Crippen LogP contribution < -0.4 is 5.32 Å². The number of amides is 2. The molecule has 1 fully saturated rings. The lowest BCUT2D eigenvalue weighted by Crippen LogP contribution is -2.40. The van der Waals surface area contributed by atoms with Crippen molar-refractivity contribution < 1.29 is 45.5 Å². The van der Waals surface area contributed by atoms with Crippen LogP contribution in [0.4, 0.5) is 26.3 Å². The minimum Gasteiger partial charge on any atom is -0.460 e. The zero-order valence-electron chi connectivity index (χ0n) is 21.2. The van der Waals surface area contributed by atoms with Gasteiger partial charge < -0.3 is 10.1 Å². The minimum absolute atomic E-state index is 0.0120. The zero-order chi connectivity index (χ0) is 30.0. The Kier molecular flexibility index (Phi) is 9.41. The molecule has 2 amide bonds. The molecular weight excluding hydrogens is 602 g/mol. The molecule has 1 aliphatic heterocycles. The first-order valence-electron chi connectivity index (χ1n) is 11.5. The van der Waals surface area contributed by atoms with Crippen molar-refractivity contribution in [2.75, 3.05) is 13.1 Å². The Morgan fingerprint density at radius 2 is 1.60 bits per heavy atom. The minimum atomic E-state index is -4.98. The van der Waals surface area contributed by atoms with Gasteiger partial charge in [-0.3, -0.25) is 19.3 Å². The molecule has 0 aliphatic carbocycles. The molecular formula is C25H22F6N2O4S3. The van der Waals surface area contributed by atoms with Crippen LogP contribution in [0.3, 0.4) is 0 Å². The van der Waals surface area contributed by atoms with Crippen LogP contribution in [-0.2, 0) is 31.5 Å². The van der Waals surface area contributed by atoms with Gasteiger partial charge in [-0.1, -0.05) is 24.0 Å². The number of hydrogen-bond donors (Lipinski definition) is 1. The van der Waals surface area contributed by atoms with Crippen molar-refractivity contribution in [1.82, 2.24) is 10.2 Å². The third-order valence-corrected chi connectivity index (χ3v) is 7.32. The lowest BCUT2D eigenvalue weighted by molar-refractivity contribution is -0.154. The van der Waals surface area contributed by atoms with Gasteiger partial charge in [0.05, 0.1) is 22.5 Å². The number of benzene rings is 1. The molecule has 0 saturated carbocycles. The normalized spacial score (nSPS) is 15.6. The van der Waals surface area contributed by atoms with Gasteiger partial charge in [-0.15, -0.1) is 11.3 Å². The van der Waals surface area contributed by atoms with Crippen molar-refractivity contribution in [3.8, 4) is 11.1 Å². The first-order chi connectivity index (χ1) is 18.3. The quantitative estimate of drug-likeness (QED) is 0.164. The van der Waals surface area contributed by atoms with Gasteiger partial charge in [0.15, 0.2) is 0 Å². The molecule has 40 heavy (non-hydrogen) atoms. The second-order valence-electron chi connectivity index (χ2n) is 9.49. The van der Waals surface area contributed by atoms with Crippen LogP contribution in [0.15, 0.2) is 34.6 Å². The molecule has 0 atom stereocenters. The van der Waals surface area contributed by atoms with Crippen LogP contribution in [0.2, 0.25) is 0 Å². The van der Waals surface area contributed by atoms with Crippen molar-refractivity contribution in [2.45, 2.75) is 45.1 Å². The largest absolute Gasteiger partial charge is 0.460 e. The van der Waals surface area contributed by atoms with E-state index < -0.39 is 53.4 Å². The number of thiophene rings is 1. The predicted octanol–water partition coefficient (Wildman–Crippen LogP) is 6.50. The summed E-state index contributed by atoms with van der Waals surface area (Å²) in [7, 11) is 0. The monoisotopic (exact) mass is 624 g/mol. The maximum absolute atomic E-state index is 13.2. The fraction of sp³-hybridized carbons (Fsp3) is 0.360. The number of rotatable bonds is 7. The van der Waals surface area contributed by atoms with Crippen molar-refractivity contribution in [3.05, 3.63) is 50.6 Å². The summed E-state index contributed by atoms with van der Waals surface area (Å²) in [5.41, 5.74) is -3.72. The summed E-state index contributed by atoms with van der Waals surface area (Å²) in [6, 6.07) is 2.66. The Bertz CT molecular complexity index is 1330. The summed E-state index contributed by atoms with van der Waals surface area (Å²) in [6.45, 7) is 4.70. The van der Waals surface area contributed by atoms with Crippen molar-refractivity contribution in [3.63, 3.8) is 0 Å². The molecule has 0 bridgehead atoms.